The van der Waals surface area contributed by atoms with Crippen molar-refractivity contribution in [3.05, 3.63) is 86.5 Å². The van der Waals surface area contributed by atoms with Crippen LogP contribution in [0.15, 0.2) is 54.9 Å². The van der Waals surface area contributed by atoms with Gasteiger partial charge < -0.3 is 5.32 Å². The smallest absolute Gasteiger partial charge is 0.354 e. The normalized spacial score (nSPS) is 10.2. The third kappa shape index (κ3) is 4.88. The number of nitro groups is 2. The molecule has 2 aromatic carbocycles. The number of non-ortho nitro benzene ring substituents is 1. The molecule has 0 radical (unpaired) electrons. The molecule has 1 aromatic heterocycles. The van der Waals surface area contributed by atoms with Crippen LogP contribution in [0.2, 0.25) is 0 Å². The maximum absolute atomic E-state index is 13.0. The molecule has 3 N–H and O–H groups in total. The molecule has 0 fully saturated rings. The highest BCUT2D eigenvalue weighted by atomic mass is 19.1. The Balaban J connectivity index is 1.74. The van der Waals surface area contributed by atoms with Gasteiger partial charge in [-0.05, 0) is 29.8 Å². The van der Waals surface area contributed by atoms with Gasteiger partial charge in [-0.1, -0.05) is 12.1 Å². The number of hydrazine groups is 1. The van der Waals surface area contributed by atoms with Gasteiger partial charge in [0.15, 0.2) is 0 Å². The van der Waals surface area contributed by atoms with Crippen LogP contribution in [0.25, 0.3) is 0 Å². The van der Waals surface area contributed by atoms with E-state index in [0.29, 0.717) is 11.3 Å². The first-order chi connectivity index (χ1) is 13.9. The van der Waals surface area contributed by atoms with Crippen molar-refractivity contribution < 1.29 is 14.2 Å². The first-order valence-electron chi connectivity index (χ1n) is 8.18. The summed E-state index contributed by atoms with van der Waals surface area (Å²) in [6.45, 7) is 0.188. The lowest BCUT2D eigenvalue weighted by Crippen LogP contribution is -2.14. The van der Waals surface area contributed by atoms with E-state index >= 15 is 0 Å². The molecule has 0 amide bonds. The molecule has 0 saturated carbocycles. The van der Waals surface area contributed by atoms with Gasteiger partial charge in [-0.2, -0.15) is 0 Å². The van der Waals surface area contributed by atoms with Crippen molar-refractivity contribution in [2.24, 2.45) is 0 Å². The Bertz CT molecular complexity index is 1030. The molecule has 3 aromatic rings. The van der Waals surface area contributed by atoms with Crippen molar-refractivity contribution in [1.29, 1.82) is 0 Å². The molecular formula is C17H14FN7O4. The maximum Gasteiger partial charge on any atom is 0.354 e. The molecule has 12 heteroatoms. The summed E-state index contributed by atoms with van der Waals surface area (Å²) in [6, 6.07) is 11.1. The van der Waals surface area contributed by atoms with Crippen LogP contribution in [-0.2, 0) is 6.54 Å². The minimum Gasteiger partial charge on any atom is -0.360 e. The Morgan fingerprint density at radius 2 is 1.52 bits per heavy atom. The number of rotatable bonds is 8. The van der Waals surface area contributed by atoms with Gasteiger partial charge in [-0.25, -0.2) is 14.4 Å². The Labute approximate surface area is 162 Å². The van der Waals surface area contributed by atoms with Crippen LogP contribution in [0.4, 0.5) is 33.1 Å². The zero-order valence-electron chi connectivity index (χ0n) is 14.7. The predicted molar refractivity (Wildman–Crippen MR) is 103 cm³/mol. The molecule has 1 heterocycles. The summed E-state index contributed by atoms with van der Waals surface area (Å²) >= 11 is 0. The van der Waals surface area contributed by atoms with Crippen molar-refractivity contribution >= 4 is 28.7 Å². The predicted octanol–water partition coefficient (Wildman–Crippen LogP) is 3.48. The van der Waals surface area contributed by atoms with Crippen molar-refractivity contribution in [2.45, 2.75) is 6.54 Å². The lowest BCUT2D eigenvalue weighted by Gasteiger charge is -2.11. The van der Waals surface area contributed by atoms with E-state index in [4.69, 9.17) is 0 Å². The largest absolute Gasteiger partial charge is 0.360 e. The lowest BCUT2D eigenvalue weighted by atomic mass is 10.2. The first kappa shape index (κ1) is 19.4. The topological polar surface area (TPSA) is 148 Å². The zero-order valence-corrected chi connectivity index (χ0v) is 14.7. The third-order valence-electron chi connectivity index (χ3n) is 3.78. The molecule has 0 aliphatic carbocycles. The summed E-state index contributed by atoms with van der Waals surface area (Å²) in [5.74, 6) is -0.516. The second kappa shape index (κ2) is 8.56. The van der Waals surface area contributed by atoms with Gasteiger partial charge in [0.25, 0.3) is 5.69 Å². The monoisotopic (exact) mass is 399 g/mol. The highest BCUT2D eigenvalue weighted by Crippen LogP contribution is 2.29. The van der Waals surface area contributed by atoms with E-state index < -0.39 is 15.5 Å². The van der Waals surface area contributed by atoms with Crippen LogP contribution in [0, 0.1) is 26.0 Å². The molecule has 0 aliphatic heterocycles. The highest BCUT2D eigenvalue weighted by molar-refractivity contribution is 5.70. The summed E-state index contributed by atoms with van der Waals surface area (Å²) < 4.78 is 13.0. The molecular weight excluding hydrogens is 385 g/mol. The number of anilines is 3. The van der Waals surface area contributed by atoms with Crippen LogP contribution in [0.5, 0.6) is 0 Å². The molecule has 0 aliphatic rings. The molecule has 0 unspecified atom stereocenters. The SMILES string of the molecule is O=[N+]([O-])c1ccc(NNc2ncnc(NCc3ccc(F)cc3)c2[N+](=O)[O-])cc1. The van der Waals surface area contributed by atoms with Crippen molar-refractivity contribution in [2.75, 3.05) is 16.2 Å². The number of hydrogen-bond donors (Lipinski definition) is 3. The van der Waals surface area contributed by atoms with Gasteiger partial charge in [0.1, 0.15) is 12.1 Å². The number of aromatic nitrogens is 2. The molecule has 11 nitrogen and oxygen atoms in total. The summed E-state index contributed by atoms with van der Waals surface area (Å²) in [7, 11) is 0. The Kier molecular flexibility index (Phi) is 5.73. The standard InChI is InChI=1S/C17H14FN7O4/c18-12-3-1-11(2-4-12)9-19-16-15(25(28)29)17(21-10-20-16)23-22-13-5-7-14(8-6-13)24(26)27/h1-8,10,22H,9H2,(H2,19,20,21,23). The van der Waals surface area contributed by atoms with Gasteiger partial charge in [0, 0.05) is 18.7 Å². The summed E-state index contributed by atoms with van der Waals surface area (Å²) in [5.41, 5.74) is 5.95. The number of nitrogens with one attached hydrogen (secondary N) is 3. The summed E-state index contributed by atoms with van der Waals surface area (Å²) in [5, 5.41) is 25.0. The molecule has 29 heavy (non-hydrogen) atoms. The second-order valence-corrected chi connectivity index (χ2v) is 5.71. The number of halogens is 1. The average Bonchev–Trinajstić information content (AvgIpc) is 2.72. The second-order valence-electron chi connectivity index (χ2n) is 5.71. The van der Waals surface area contributed by atoms with Crippen molar-refractivity contribution in [1.82, 2.24) is 9.97 Å². The van der Waals surface area contributed by atoms with Crippen LogP contribution in [0.3, 0.4) is 0 Å². The number of hydrogen-bond acceptors (Lipinski definition) is 9. The van der Waals surface area contributed by atoms with E-state index in [1.54, 1.807) is 12.1 Å². The van der Waals surface area contributed by atoms with Gasteiger partial charge in [-0.3, -0.25) is 31.1 Å². The number of nitro benzene ring substituents is 1. The zero-order chi connectivity index (χ0) is 20.8. The number of nitrogens with zero attached hydrogens (tertiary/aromatic N) is 4. The van der Waals surface area contributed by atoms with Crippen LogP contribution < -0.4 is 16.2 Å². The molecule has 0 bridgehead atoms. The van der Waals surface area contributed by atoms with E-state index in [1.807, 2.05) is 0 Å². The van der Waals surface area contributed by atoms with Crippen LogP contribution >= 0.6 is 0 Å². The van der Waals surface area contributed by atoms with E-state index in [0.717, 1.165) is 6.33 Å². The van der Waals surface area contributed by atoms with Gasteiger partial charge in [-0.15, -0.1) is 0 Å². The summed E-state index contributed by atoms with van der Waals surface area (Å²) in [4.78, 5) is 28.8. The Hall–Kier alpha value is -4.35. The fraction of sp³-hybridized carbons (Fsp3) is 0.0588. The van der Waals surface area contributed by atoms with Gasteiger partial charge >= 0.3 is 5.69 Å². The lowest BCUT2D eigenvalue weighted by molar-refractivity contribution is -0.384. The van der Waals surface area contributed by atoms with Crippen molar-refractivity contribution in [3.63, 3.8) is 0 Å². The summed E-state index contributed by atoms with van der Waals surface area (Å²) in [6.07, 6.45) is 1.14. The third-order valence-corrected chi connectivity index (χ3v) is 3.78. The fourth-order valence-corrected chi connectivity index (χ4v) is 2.36. The molecule has 0 atom stereocenters. The van der Waals surface area contributed by atoms with E-state index in [1.165, 1.54) is 36.4 Å². The van der Waals surface area contributed by atoms with Gasteiger partial charge in [0.05, 0.1) is 15.5 Å². The molecule has 0 spiro atoms. The maximum atomic E-state index is 13.0. The molecule has 148 valence electrons. The van der Waals surface area contributed by atoms with Crippen LogP contribution in [0.1, 0.15) is 5.56 Å². The van der Waals surface area contributed by atoms with E-state index in [-0.39, 0.29) is 29.7 Å². The Morgan fingerprint density at radius 3 is 2.14 bits per heavy atom. The quantitative estimate of drug-likeness (QED) is 0.382. The fourth-order valence-electron chi connectivity index (χ4n) is 2.36. The Morgan fingerprint density at radius 1 is 0.862 bits per heavy atom. The average molecular weight is 399 g/mol. The van der Waals surface area contributed by atoms with Crippen molar-refractivity contribution in [3.8, 4) is 0 Å². The minimum atomic E-state index is -0.646. The van der Waals surface area contributed by atoms with E-state index in [2.05, 4.69) is 26.1 Å². The van der Waals surface area contributed by atoms with E-state index in [9.17, 15) is 24.6 Å². The minimum absolute atomic E-state index is 0.0256. The highest BCUT2D eigenvalue weighted by Gasteiger charge is 2.23. The van der Waals surface area contributed by atoms with Gasteiger partial charge in [0.2, 0.25) is 11.6 Å². The molecule has 0 saturated heterocycles. The number of benzene rings is 2. The molecule has 3 rings (SSSR count). The van der Waals surface area contributed by atoms with Crippen LogP contribution in [-0.4, -0.2) is 19.8 Å². The first-order valence-corrected chi connectivity index (χ1v) is 8.18.